The van der Waals surface area contributed by atoms with Crippen molar-refractivity contribution in [3.05, 3.63) is 53.0 Å². The molecule has 31 heavy (non-hydrogen) atoms. The Labute approximate surface area is 179 Å². The van der Waals surface area contributed by atoms with Gasteiger partial charge in [0.2, 0.25) is 10.0 Å². The van der Waals surface area contributed by atoms with Crippen molar-refractivity contribution in [1.82, 2.24) is 13.8 Å². The number of ether oxygens (including phenoxy) is 2. The van der Waals surface area contributed by atoms with Gasteiger partial charge in [-0.1, -0.05) is 12.1 Å². The summed E-state index contributed by atoms with van der Waals surface area (Å²) in [7, 11) is -3.65. The molecule has 0 aliphatic carbocycles. The Morgan fingerprint density at radius 3 is 2.45 bits per heavy atom. The van der Waals surface area contributed by atoms with Crippen LogP contribution < -0.4 is 15.2 Å². The number of oxazole rings is 1. The third-order valence-electron chi connectivity index (χ3n) is 5.60. The third kappa shape index (κ3) is 3.82. The molecule has 0 amide bonds. The fraction of sp³-hybridized carbons (Fsp3) is 0.381. The monoisotopic (exact) mass is 445 g/mol. The van der Waals surface area contributed by atoms with Crippen molar-refractivity contribution < 1.29 is 22.3 Å². The Kier molecular flexibility index (Phi) is 5.20. The van der Waals surface area contributed by atoms with Gasteiger partial charge in [0.05, 0.1) is 30.3 Å². The highest BCUT2D eigenvalue weighted by Gasteiger charge is 2.30. The molecule has 0 spiro atoms. The van der Waals surface area contributed by atoms with Gasteiger partial charge in [0.25, 0.3) is 0 Å². The fourth-order valence-electron chi connectivity index (χ4n) is 3.91. The number of rotatable bonds is 4. The van der Waals surface area contributed by atoms with E-state index in [1.54, 1.807) is 28.8 Å². The molecule has 0 unspecified atom stereocenters. The summed E-state index contributed by atoms with van der Waals surface area (Å²) < 4.78 is 45.9. The average molecular weight is 445 g/mol. The summed E-state index contributed by atoms with van der Waals surface area (Å²) in [5.41, 5.74) is 1.28. The van der Waals surface area contributed by atoms with Gasteiger partial charge >= 0.3 is 5.76 Å². The van der Waals surface area contributed by atoms with Crippen molar-refractivity contribution in [2.45, 2.75) is 18.0 Å². The molecule has 1 aromatic heterocycles. The van der Waals surface area contributed by atoms with E-state index in [2.05, 4.69) is 0 Å². The normalized spacial score (nSPS) is 18.2. The number of fused-ring (bicyclic) bond motifs is 2. The molecule has 3 aromatic rings. The van der Waals surface area contributed by atoms with Crippen LogP contribution >= 0.6 is 0 Å². The van der Waals surface area contributed by atoms with Crippen LogP contribution in [0.4, 0.5) is 0 Å². The van der Waals surface area contributed by atoms with Crippen LogP contribution in [0.15, 0.2) is 56.6 Å². The molecule has 2 aromatic carbocycles. The molecule has 2 aliphatic heterocycles. The lowest BCUT2D eigenvalue weighted by atomic mass is 10.3. The zero-order chi connectivity index (χ0) is 21.4. The first-order chi connectivity index (χ1) is 15.0. The van der Waals surface area contributed by atoms with Crippen molar-refractivity contribution >= 4 is 21.1 Å². The molecule has 1 saturated heterocycles. The predicted octanol–water partition coefficient (Wildman–Crippen LogP) is 1.72. The van der Waals surface area contributed by atoms with E-state index in [1.807, 2.05) is 23.1 Å². The SMILES string of the molecule is O=c1oc2ccccc2n1CN1CCN(S(=O)(=O)c2ccc3c(c2)OCCCO3)CC1. The van der Waals surface area contributed by atoms with Crippen LogP contribution in [0.3, 0.4) is 0 Å². The Morgan fingerprint density at radius 1 is 0.903 bits per heavy atom. The zero-order valence-electron chi connectivity index (χ0n) is 16.9. The number of hydrogen-bond donors (Lipinski definition) is 0. The largest absolute Gasteiger partial charge is 0.490 e. The van der Waals surface area contributed by atoms with Crippen molar-refractivity contribution in [3.8, 4) is 11.5 Å². The van der Waals surface area contributed by atoms with Gasteiger partial charge in [0, 0.05) is 38.7 Å². The Morgan fingerprint density at radius 2 is 1.65 bits per heavy atom. The molecule has 0 atom stereocenters. The minimum absolute atomic E-state index is 0.197. The summed E-state index contributed by atoms with van der Waals surface area (Å²) in [4.78, 5) is 14.4. The first kappa shape index (κ1) is 20.1. The Hall–Kier alpha value is -2.82. The van der Waals surface area contributed by atoms with Crippen LogP contribution in [-0.4, -0.2) is 61.6 Å². The van der Waals surface area contributed by atoms with Crippen molar-refractivity contribution in [2.24, 2.45) is 0 Å². The number of para-hydroxylation sites is 2. The smallest absolute Gasteiger partial charge is 0.421 e. The number of benzene rings is 2. The molecule has 0 radical (unpaired) electrons. The van der Waals surface area contributed by atoms with Crippen LogP contribution in [0.25, 0.3) is 11.1 Å². The van der Waals surface area contributed by atoms with E-state index in [-0.39, 0.29) is 4.90 Å². The summed E-state index contributed by atoms with van der Waals surface area (Å²) in [5, 5.41) is 0. The first-order valence-corrected chi connectivity index (χ1v) is 11.7. The van der Waals surface area contributed by atoms with Crippen LogP contribution in [-0.2, 0) is 16.7 Å². The summed E-state index contributed by atoms with van der Waals surface area (Å²) in [5.74, 6) is 0.617. The second-order valence-electron chi connectivity index (χ2n) is 7.59. The van der Waals surface area contributed by atoms with E-state index in [0.717, 1.165) is 11.9 Å². The third-order valence-corrected chi connectivity index (χ3v) is 7.50. The van der Waals surface area contributed by atoms with E-state index in [1.165, 1.54) is 4.31 Å². The van der Waals surface area contributed by atoms with Crippen molar-refractivity contribution in [2.75, 3.05) is 39.4 Å². The molecule has 3 heterocycles. The molecule has 2 aliphatic rings. The van der Waals surface area contributed by atoms with E-state index < -0.39 is 15.8 Å². The maximum Gasteiger partial charge on any atom is 0.421 e. The highest BCUT2D eigenvalue weighted by atomic mass is 32.2. The number of sulfonamides is 1. The highest BCUT2D eigenvalue weighted by Crippen LogP contribution is 2.33. The van der Waals surface area contributed by atoms with E-state index in [4.69, 9.17) is 13.9 Å². The van der Waals surface area contributed by atoms with Gasteiger partial charge in [-0.15, -0.1) is 0 Å². The molecular weight excluding hydrogens is 422 g/mol. The van der Waals surface area contributed by atoms with Gasteiger partial charge < -0.3 is 13.9 Å². The molecule has 9 nitrogen and oxygen atoms in total. The summed E-state index contributed by atoms with van der Waals surface area (Å²) in [6, 6.07) is 12.0. The average Bonchev–Trinajstić information content (AvgIpc) is 2.94. The zero-order valence-corrected chi connectivity index (χ0v) is 17.7. The summed E-state index contributed by atoms with van der Waals surface area (Å²) in [6.45, 7) is 3.09. The van der Waals surface area contributed by atoms with Gasteiger partial charge in [-0.05, 0) is 24.3 Å². The van der Waals surface area contributed by atoms with Gasteiger partial charge in [-0.3, -0.25) is 9.47 Å². The van der Waals surface area contributed by atoms with Crippen molar-refractivity contribution in [3.63, 3.8) is 0 Å². The number of hydrogen-bond acceptors (Lipinski definition) is 7. The minimum atomic E-state index is -3.65. The van der Waals surface area contributed by atoms with Gasteiger partial charge in [0.15, 0.2) is 17.1 Å². The summed E-state index contributed by atoms with van der Waals surface area (Å²) in [6.07, 6.45) is 0.758. The quantitative estimate of drug-likeness (QED) is 0.604. The molecule has 5 rings (SSSR count). The Balaban J connectivity index is 1.29. The maximum atomic E-state index is 13.2. The van der Waals surface area contributed by atoms with E-state index in [0.29, 0.717) is 63.1 Å². The van der Waals surface area contributed by atoms with Crippen LogP contribution in [0.1, 0.15) is 6.42 Å². The van der Waals surface area contributed by atoms with Gasteiger partial charge in [0.1, 0.15) is 0 Å². The van der Waals surface area contributed by atoms with Gasteiger partial charge in [-0.25, -0.2) is 13.2 Å². The predicted molar refractivity (Wildman–Crippen MR) is 113 cm³/mol. The minimum Gasteiger partial charge on any atom is -0.490 e. The van der Waals surface area contributed by atoms with E-state index in [9.17, 15) is 13.2 Å². The second-order valence-corrected chi connectivity index (χ2v) is 9.52. The number of nitrogens with zero attached hydrogens (tertiary/aromatic N) is 3. The second kappa shape index (κ2) is 8.03. The summed E-state index contributed by atoms with van der Waals surface area (Å²) >= 11 is 0. The number of aromatic nitrogens is 1. The maximum absolute atomic E-state index is 13.2. The van der Waals surface area contributed by atoms with Crippen LogP contribution in [0, 0.1) is 0 Å². The molecule has 0 N–H and O–H groups in total. The number of piperazine rings is 1. The first-order valence-electron chi connectivity index (χ1n) is 10.2. The molecule has 0 saturated carbocycles. The molecule has 0 bridgehead atoms. The molecule has 164 valence electrons. The van der Waals surface area contributed by atoms with Gasteiger partial charge in [-0.2, -0.15) is 4.31 Å². The Bertz CT molecular complexity index is 1260. The molecule has 1 fully saturated rings. The van der Waals surface area contributed by atoms with Crippen LogP contribution in [0.5, 0.6) is 11.5 Å². The van der Waals surface area contributed by atoms with Crippen molar-refractivity contribution in [1.29, 1.82) is 0 Å². The van der Waals surface area contributed by atoms with Crippen LogP contribution in [0.2, 0.25) is 0 Å². The van der Waals surface area contributed by atoms with E-state index >= 15 is 0 Å². The topological polar surface area (TPSA) is 94.2 Å². The highest BCUT2D eigenvalue weighted by molar-refractivity contribution is 7.89. The standard InChI is InChI=1S/C21H23N3O6S/c25-21-24(17-4-1-2-5-18(17)30-21)15-22-8-10-23(11-9-22)31(26,27)16-6-7-19-20(14-16)29-13-3-12-28-19/h1-2,4-7,14H,3,8-13,15H2. The molecular formula is C21H23N3O6S. The lowest BCUT2D eigenvalue weighted by molar-refractivity contribution is 0.150. The molecule has 10 heteroatoms. The fourth-order valence-corrected chi connectivity index (χ4v) is 5.35. The lowest BCUT2D eigenvalue weighted by Gasteiger charge is -2.33. The lowest BCUT2D eigenvalue weighted by Crippen LogP contribution is -2.49.